The van der Waals surface area contributed by atoms with Gasteiger partial charge in [0.05, 0.1) is 19.3 Å². The lowest BCUT2D eigenvalue weighted by molar-refractivity contribution is -0.123. The highest BCUT2D eigenvalue weighted by Crippen LogP contribution is 2.43. The van der Waals surface area contributed by atoms with Gasteiger partial charge in [-0.1, -0.05) is 18.2 Å². The van der Waals surface area contributed by atoms with Crippen molar-refractivity contribution >= 4 is 5.91 Å². The Bertz CT molecular complexity index is 780. The molecule has 1 amide bonds. The number of hydrogen-bond donors (Lipinski definition) is 1. The van der Waals surface area contributed by atoms with Crippen LogP contribution in [0.2, 0.25) is 0 Å². The van der Waals surface area contributed by atoms with Crippen molar-refractivity contribution in [2.24, 2.45) is 0 Å². The zero-order chi connectivity index (χ0) is 18.0. The number of ether oxygens (including phenoxy) is 2. The lowest BCUT2D eigenvalue weighted by atomic mass is 9.82. The van der Waals surface area contributed by atoms with Gasteiger partial charge in [-0.3, -0.25) is 4.79 Å². The molecule has 1 saturated heterocycles. The summed E-state index contributed by atoms with van der Waals surface area (Å²) in [6.07, 6.45) is 6.63. The Morgan fingerprint density at radius 3 is 2.92 bits per heavy atom. The van der Waals surface area contributed by atoms with Crippen molar-refractivity contribution in [3.05, 3.63) is 48.0 Å². The number of rotatable bonds is 4. The van der Waals surface area contributed by atoms with Gasteiger partial charge < -0.3 is 19.4 Å². The van der Waals surface area contributed by atoms with E-state index in [4.69, 9.17) is 9.47 Å². The van der Waals surface area contributed by atoms with Crippen LogP contribution in [0.25, 0.3) is 0 Å². The van der Waals surface area contributed by atoms with E-state index in [1.165, 1.54) is 0 Å². The molecule has 0 saturated carbocycles. The van der Waals surface area contributed by atoms with Crippen molar-refractivity contribution in [2.75, 3.05) is 13.2 Å². The Morgan fingerprint density at radius 2 is 2.15 bits per heavy atom. The molecule has 0 aliphatic carbocycles. The summed E-state index contributed by atoms with van der Waals surface area (Å²) in [6, 6.07) is 8.01. The van der Waals surface area contributed by atoms with Gasteiger partial charge in [-0.25, -0.2) is 4.98 Å². The highest BCUT2D eigenvalue weighted by molar-refractivity contribution is 5.76. The van der Waals surface area contributed by atoms with Gasteiger partial charge in [-0.2, -0.15) is 0 Å². The number of aromatic nitrogens is 2. The number of hydrogen-bond acceptors (Lipinski definition) is 4. The van der Waals surface area contributed by atoms with Crippen molar-refractivity contribution < 1.29 is 14.3 Å². The van der Waals surface area contributed by atoms with E-state index in [1.54, 1.807) is 6.20 Å². The minimum Gasteiger partial charge on any atom is -0.487 e. The monoisotopic (exact) mass is 355 g/mol. The second-order valence-corrected chi connectivity index (χ2v) is 7.18. The third-order valence-corrected chi connectivity index (χ3v) is 5.44. The quantitative estimate of drug-likeness (QED) is 0.916. The zero-order valence-corrected chi connectivity index (χ0v) is 15.1. The van der Waals surface area contributed by atoms with Crippen molar-refractivity contribution in [2.45, 2.75) is 50.8 Å². The van der Waals surface area contributed by atoms with Crippen LogP contribution in [0.3, 0.4) is 0 Å². The normalized spacial score (nSPS) is 21.0. The molecule has 1 spiro atoms. The molecule has 0 unspecified atom stereocenters. The van der Waals surface area contributed by atoms with Crippen molar-refractivity contribution in [3.63, 3.8) is 0 Å². The van der Waals surface area contributed by atoms with Crippen LogP contribution in [-0.2, 0) is 16.1 Å². The standard InChI is InChI=1S/C20H25N3O3/c1-15-21-9-11-23(15)10-6-19(24)22-17-14-20(7-12-25-13-8-20)26-18-5-3-2-4-16(17)18/h2-5,9,11,17H,6-8,10,12-14H2,1H3,(H,22,24)/t17-/m0/s1. The number of carbonyl (C=O) groups is 1. The zero-order valence-electron chi connectivity index (χ0n) is 15.1. The van der Waals surface area contributed by atoms with Gasteiger partial charge in [0.2, 0.25) is 5.91 Å². The van der Waals surface area contributed by atoms with Gasteiger partial charge in [0.15, 0.2) is 0 Å². The molecule has 0 bridgehead atoms. The lowest BCUT2D eigenvalue weighted by Gasteiger charge is -2.44. The first-order chi connectivity index (χ1) is 12.7. The fourth-order valence-corrected chi connectivity index (χ4v) is 3.93. The number of benzene rings is 1. The van der Waals surface area contributed by atoms with Gasteiger partial charge >= 0.3 is 0 Å². The molecule has 6 nitrogen and oxygen atoms in total. The highest BCUT2D eigenvalue weighted by atomic mass is 16.5. The second kappa shape index (κ2) is 7.11. The summed E-state index contributed by atoms with van der Waals surface area (Å²) in [4.78, 5) is 16.8. The number of aryl methyl sites for hydroxylation is 2. The Morgan fingerprint density at radius 1 is 1.35 bits per heavy atom. The summed E-state index contributed by atoms with van der Waals surface area (Å²) in [7, 11) is 0. The molecule has 3 heterocycles. The maximum absolute atomic E-state index is 12.6. The third kappa shape index (κ3) is 3.46. The van der Waals surface area contributed by atoms with Crippen molar-refractivity contribution in [1.29, 1.82) is 0 Å². The number of nitrogens with one attached hydrogen (secondary N) is 1. The molecule has 6 heteroatoms. The summed E-state index contributed by atoms with van der Waals surface area (Å²) in [5.41, 5.74) is 0.836. The second-order valence-electron chi connectivity index (χ2n) is 7.18. The smallest absolute Gasteiger partial charge is 0.222 e. The fraction of sp³-hybridized carbons (Fsp3) is 0.500. The molecule has 2 aliphatic rings. The van der Waals surface area contributed by atoms with Crippen LogP contribution in [-0.4, -0.2) is 34.3 Å². The minimum absolute atomic E-state index is 0.0190. The number of fused-ring (bicyclic) bond motifs is 1. The van der Waals surface area contributed by atoms with Gasteiger partial charge in [0, 0.05) is 50.2 Å². The average Bonchev–Trinajstić information content (AvgIpc) is 3.05. The van der Waals surface area contributed by atoms with Crippen molar-refractivity contribution in [1.82, 2.24) is 14.9 Å². The Hall–Kier alpha value is -2.34. The number of imidazole rings is 1. The molecule has 2 aliphatic heterocycles. The van der Waals surface area contributed by atoms with E-state index in [2.05, 4.69) is 10.3 Å². The van der Waals surface area contributed by atoms with Crippen molar-refractivity contribution in [3.8, 4) is 5.75 Å². The van der Waals surface area contributed by atoms with Crippen LogP contribution in [0, 0.1) is 6.92 Å². The Labute approximate surface area is 153 Å². The molecule has 1 aromatic carbocycles. The Balaban J connectivity index is 1.47. The van der Waals surface area contributed by atoms with Crippen LogP contribution in [0.15, 0.2) is 36.7 Å². The summed E-state index contributed by atoms with van der Waals surface area (Å²) in [5, 5.41) is 3.24. The highest BCUT2D eigenvalue weighted by Gasteiger charge is 2.42. The van der Waals surface area contributed by atoms with Crippen LogP contribution >= 0.6 is 0 Å². The molecule has 1 N–H and O–H groups in total. The molecular formula is C20H25N3O3. The molecule has 1 aromatic heterocycles. The van der Waals surface area contributed by atoms with Gasteiger partial charge in [-0.15, -0.1) is 0 Å². The molecule has 1 atom stereocenters. The first-order valence-corrected chi connectivity index (χ1v) is 9.28. The topological polar surface area (TPSA) is 65.4 Å². The predicted octanol–water partition coefficient (Wildman–Crippen LogP) is 2.77. The fourth-order valence-electron chi connectivity index (χ4n) is 3.93. The molecule has 26 heavy (non-hydrogen) atoms. The van der Waals surface area contributed by atoms with E-state index in [9.17, 15) is 4.79 Å². The number of carbonyl (C=O) groups excluding carboxylic acids is 1. The first-order valence-electron chi connectivity index (χ1n) is 9.28. The average molecular weight is 355 g/mol. The van der Waals surface area contributed by atoms with E-state index in [0.29, 0.717) is 26.2 Å². The number of para-hydroxylation sites is 1. The number of amides is 1. The predicted molar refractivity (Wildman–Crippen MR) is 96.9 cm³/mol. The van der Waals surface area contributed by atoms with Crippen LogP contribution in [0.5, 0.6) is 5.75 Å². The molecular weight excluding hydrogens is 330 g/mol. The molecule has 1 fully saturated rings. The van der Waals surface area contributed by atoms with Crippen LogP contribution in [0.1, 0.15) is 43.1 Å². The van der Waals surface area contributed by atoms with Gasteiger partial charge in [0.25, 0.3) is 0 Å². The molecule has 138 valence electrons. The summed E-state index contributed by atoms with van der Waals surface area (Å²) in [5.74, 6) is 1.87. The van der Waals surface area contributed by atoms with Crippen LogP contribution < -0.4 is 10.1 Å². The minimum atomic E-state index is -0.231. The SMILES string of the molecule is Cc1nccn1CCC(=O)N[C@H]1CC2(CCOCC2)Oc2ccccc21. The molecule has 0 radical (unpaired) electrons. The maximum Gasteiger partial charge on any atom is 0.222 e. The van der Waals surface area contributed by atoms with Crippen LogP contribution in [0.4, 0.5) is 0 Å². The molecule has 2 aromatic rings. The lowest BCUT2D eigenvalue weighted by Crippen LogP contribution is -2.48. The van der Waals surface area contributed by atoms with E-state index in [-0.39, 0.29) is 17.6 Å². The van der Waals surface area contributed by atoms with E-state index in [1.807, 2.05) is 42.0 Å². The first kappa shape index (κ1) is 17.1. The van der Waals surface area contributed by atoms with Gasteiger partial charge in [0.1, 0.15) is 17.2 Å². The van der Waals surface area contributed by atoms with Gasteiger partial charge in [-0.05, 0) is 13.0 Å². The largest absolute Gasteiger partial charge is 0.487 e. The van der Waals surface area contributed by atoms with E-state index in [0.717, 1.165) is 36.4 Å². The summed E-state index contributed by atoms with van der Waals surface area (Å²) < 4.78 is 13.9. The van der Waals surface area contributed by atoms with E-state index >= 15 is 0 Å². The summed E-state index contributed by atoms with van der Waals surface area (Å²) >= 11 is 0. The third-order valence-electron chi connectivity index (χ3n) is 5.44. The summed E-state index contributed by atoms with van der Waals surface area (Å²) in [6.45, 7) is 4.01. The number of nitrogens with zero attached hydrogens (tertiary/aromatic N) is 2. The Kier molecular flexibility index (Phi) is 4.68. The van der Waals surface area contributed by atoms with E-state index < -0.39 is 0 Å². The molecule has 4 rings (SSSR count). The maximum atomic E-state index is 12.6.